The van der Waals surface area contributed by atoms with Gasteiger partial charge in [-0.1, -0.05) is 13.0 Å². The summed E-state index contributed by atoms with van der Waals surface area (Å²) >= 11 is 5.95. The van der Waals surface area contributed by atoms with E-state index in [1.807, 2.05) is 12.1 Å². The molecule has 0 radical (unpaired) electrons. The van der Waals surface area contributed by atoms with E-state index in [2.05, 4.69) is 23.6 Å². The van der Waals surface area contributed by atoms with Crippen LogP contribution < -0.4 is 0 Å². The van der Waals surface area contributed by atoms with Gasteiger partial charge in [-0.05, 0) is 37.8 Å². The van der Waals surface area contributed by atoms with Crippen LogP contribution in [0, 0.1) is 11.3 Å². The summed E-state index contributed by atoms with van der Waals surface area (Å²) in [5.41, 5.74) is 2.76. The van der Waals surface area contributed by atoms with Gasteiger partial charge in [0, 0.05) is 17.8 Å². The number of hydrogen-bond donors (Lipinski definition) is 0. The lowest BCUT2D eigenvalue weighted by Gasteiger charge is -2.44. The number of fused-ring (bicyclic) bond motifs is 1. The Labute approximate surface area is 124 Å². The summed E-state index contributed by atoms with van der Waals surface area (Å²) in [4.78, 5) is 4.73. The first-order valence-electron chi connectivity index (χ1n) is 7.22. The number of alkyl halides is 1. The van der Waals surface area contributed by atoms with Crippen molar-refractivity contribution in [3.8, 4) is 6.07 Å². The molecular weight excluding hydrogens is 270 g/mol. The minimum Gasteiger partial charge on any atom is -0.322 e. The van der Waals surface area contributed by atoms with Crippen LogP contribution in [0.3, 0.4) is 0 Å². The second kappa shape index (κ2) is 5.10. The number of para-hydroxylation sites is 1. The molecule has 0 N–H and O–H groups in total. The van der Waals surface area contributed by atoms with Crippen LogP contribution in [0.15, 0.2) is 18.2 Å². The lowest BCUT2D eigenvalue weighted by molar-refractivity contribution is 0.137. The van der Waals surface area contributed by atoms with Crippen molar-refractivity contribution < 1.29 is 0 Å². The monoisotopic (exact) mass is 287 g/mol. The SMILES string of the molecule is CCC1(n2c(CCCl)nc3c(C#N)cccc32)CCC1. The van der Waals surface area contributed by atoms with E-state index in [9.17, 15) is 5.26 Å². The van der Waals surface area contributed by atoms with E-state index in [0.717, 1.165) is 29.7 Å². The molecule has 0 atom stereocenters. The van der Waals surface area contributed by atoms with Gasteiger partial charge >= 0.3 is 0 Å². The van der Waals surface area contributed by atoms with Crippen molar-refractivity contribution in [1.29, 1.82) is 5.26 Å². The topological polar surface area (TPSA) is 41.6 Å². The zero-order valence-corrected chi connectivity index (χ0v) is 12.5. The quantitative estimate of drug-likeness (QED) is 0.798. The third-order valence-electron chi connectivity index (χ3n) is 4.61. The van der Waals surface area contributed by atoms with Gasteiger partial charge in [0.05, 0.1) is 11.1 Å². The summed E-state index contributed by atoms with van der Waals surface area (Å²) in [5, 5.41) is 9.27. The molecule has 1 aromatic carbocycles. The van der Waals surface area contributed by atoms with Crippen LogP contribution in [-0.4, -0.2) is 15.4 Å². The Morgan fingerprint density at radius 1 is 1.45 bits per heavy atom. The molecule has 0 saturated heterocycles. The summed E-state index contributed by atoms with van der Waals surface area (Å²) in [6.45, 7) is 2.24. The number of hydrogen-bond acceptors (Lipinski definition) is 2. The highest BCUT2D eigenvalue weighted by Crippen LogP contribution is 2.44. The normalized spacial score (nSPS) is 16.9. The zero-order chi connectivity index (χ0) is 14.2. The maximum atomic E-state index is 9.27. The van der Waals surface area contributed by atoms with Crippen LogP contribution in [0.25, 0.3) is 11.0 Å². The van der Waals surface area contributed by atoms with Crippen molar-refractivity contribution in [3.63, 3.8) is 0 Å². The van der Waals surface area contributed by atoms with Gasteiger partial charge in [0.1, 0.15) is 17.4 Å². The highest BCUT2D eigenvalue weighted by molar-refractivity contribution is 6.17. The van der Waals surface area contributed by atoms with Crippen molar-refractivity contribution in [2.75, 3.05) is 5.88 Å². The molecule has 3 rings (SSSR count). The number of nitrogens with zero attached hydrogens (tertiary/aromatic N) is 3. The molecule has 0 amide bonds. The Balaban J connectivity index is 2.28. The summed E-state index contributed by atoms with van der Waals surface area (Å²) in [5.74, 6) is 1.59. The van der Waals surface area contributed by atoms with E-state index in [0.29, 0.717) is 11.4 Å². The van der Waals surface area contributed by atoms with Crippen LogP contribution in [0.5, 0.6) is 0 Å². The van der Waals surface area contributed by atoms with Crippen molar-refractivity contribution >= 4 is 22.6 Å². The summed E-state index contributed by atoms with van der Waals surface area (Å²) in [6.07, 6.45) is 5.52. The summed E-state index contributed by atoms with van der Waals surface area (Å²) in [6, 6.07) is 8.12. The van der Waals surface area contributed by atoms with E-state index in [4.69, 9.17) is 16.6 Å². The fraction of sp³-hybridized carbons (Fsp3) is 0.500. The fourth-order valence-electron chi connectivity index (χ4n) is 3.34. The average Bonchev–Trinajstić information content (AvgIpc) is 2.78. The van der Waals surface area contributed by atoms with Crippen LogP contribution in [0.2, 0.25) is 0 Å². The molecule has 2 aromatic rings. The number of aromatic nitrogens is 2. The van der Waals surface area contributed by atoms with E-state index < -0.39 is 0 Å². The Bertz CT molecular complexity index is 671. The molecule has 1 saturated carbocycles. The lowest BCUT2D eigenvalue weighted by atomic mass is 9.74. The predicted octanol–water partition coefficient (Wildman–Crippen LogP) is 3.98. The van der Waals surface area contributed by atoms with Crippen molar-refractivity contribution in [2.45, 2.75) is 44.6 Å². The number of nitriles is 1. The number of rotatable bonds is 4. The van der Waals surface area contributed by atoms with Crippen LogP contribution in [-0.2, 0) is 12.0 Å². The van der Waals surface area contributed by atoms with Crippen LogP contribution >= 0.6 is 11.6 Å². The number of imidazole rings is 1. The van der Waals surface area contributed by atoms with E-state index in [1.165, 1.54) is 19.3 Å². The predicted molar refractivity (Wildman–Crippen MR) is 81.0 cm³/mol. The van der Waals surface area contributed by atoms with E-state index >= 15 is 0 Å². The highest BCUT2D eigenvalue weighted by atomic mass is 35.5. The number of aryl methyl sites for hydroxylation is 1. The van der Waals surface area contributed by atoms with Crippen LogP contribution in [0.4, 0.5) is 0 Å². The maximum absolute atomic E-state index is 9.27. The molecule has 3 nitrogen and oxygen atoms in total. The first-order valence-corrected chi connectivity index (χ1v) is 7.76. The first kappa shape index (κ1) is 13.5. The van der Waals surface area contributed by atoms with Gasteiger partial charge in [-0.25, -0.2) is 4.98 Å². The smallest absolute Gasteiger partial charge is 0.111 e. The molecule has 1 aliphatic carbocycles. The second-order valence-corrected chi connectivity index (χ2v) is 5.90. The molecule has 20 heavy (non-hydrogen) atoms. The third-order valence-corrected chi connectivity index (χ3v) is 4.80. The zero-order valence-electron chi connectivity index (χ0n) is 11.7. The van der Waals surface area contributed by atoms with Gasteiger partial charge in [0.2, 0.25) is 0 Å². The highest BCUT2D eigenvalue weighted by Gasteiger charge is 2.39. The van der Waals surface area contributed by atoms with Gasteiger partial charge in [-0.3, -0.25) is 0 Å². The average molecular weight is 288 g/mol. The molecule has 1 fully saturated rings. The molecule has 104 valence electrons. The van der Waals surface area contributed by atoms with Gasteiger partial charge in [0.25, 0.3) is 0 Å². The van der Waals surface area contributed by atoms with Crippen molar-refractivity contribution in [3.05, 3.63) is 29.6 Å². The first-order chi connectivity index (χ1) is 9.75. The molecular formula is C16H18ClN3. The molecule has 0 unspecified atom stereocenters. The molecule has 1 heterocycles. The Morgan fingerprint density at radius 2 is 2.25 bits per heavy atom. The largest absolute Gasteiger partial charge is 0.322 e. The minimum absolute atomic E-state index is 0.185. The van der Waals surface area contributed by atoms with Crippen LogP contribution in [0.1, 0.15) is 44.0 Å². The fourth-order valence-corrected chi connectivity index (χ4v) is 3.51. The Kier molecular flexibility index (Phi) is 3.43. The molecule has 4 heteroatoms. The third kappa shape index (κ3) is 1.83. The second-order valence-electron chi connectivity index (χ2n) is 5.52. The number of halogens is 1. The standard InChI is InChI=1S/C16H18ClN3/c1-2-16(8-4-9-16)20-13-6-3-5-12(11-18)15(13)19-14(20)7-10-17/h3,5-6H,2,4,7-10H2,1H3. The van der Waals surface area contributed by atoms with Gasteiger partial charge in [-0.2, -0.15) is 5.26 Å². The number of benzene rings is 1. The lowest BCUT2D eigenvalue weighted by Crippen LogP contribution is -2.41. The van der Waals surface area contributed by atoms with Gasteiger partial charge < -0.3 is 4.57 Å². The van der Waals surface area contributed by atoms with E-state index in [1.54, 1.807) is 0 Å². The van der Waals surface area contributed by atoms with Crippen molar-refractivity contribution in [1.82, 2.24) is 9.55 Å². The molecule has 0 bridgehead atoms. The van der Waals surface area contributed by atoms with Gasteiger partial charge in [0.15, 0.2) is 0 Å². The summed E-state index contributed by atoms with van der Waals surface area (Å²) < 4.78 is 2.37. The Hall–Kier alpha value is -1.53. The summed E-state index contributed by atoms with van der Waals surface area (Å²) in [7, 11) is 0. The molecule has 0 aliphatic heterocycles. The molecule has 1 aliphatic rings. The molecule has 1 aromatic heterocycles. The maximum Gasteiger partial charge on any atom is 0.111 e. The Morgan fingerprint density at radius 3 is 2.80 bits per heavy atom. The molecule has 0 spiro atoms. The minimum atomic E-state index is 0.185. The van der Waals surface area contributed by atoms with E-state index in [-0.39, 0.29) is 5.54 Å². The van der Waals surface area contributed by atoms with Crippen molar-refractivity contribution in [2.24, 2.45) is 0 Å². The van der Waals surface area contributed by atoms with Gasteiger partial charge in [-0.15, -0.1) is 11.6 Å².